The number of fused-ring (bicyclic) bond motifs is 9. The van der Waals surface area contributed by atoms with Gasteiger partial charge in [-0.25, -0.2) is 0 Å². The molecule has 0 spiro atoms. The second kappa shape index (κ2) is 11.1. The Labute approximate surface area is 262 Å². The Morgan fingerprint density at radius 1 is 1.15 bits per heavy atom. The van der Waals surface area contributed by atoms with Crippen molar-refractivity contribution >= 4 is 11.8 Å². The van der Waals surface area contributed by atoms with Crippen LogP contribution in [-0.4, -0.2) is 89.7 Å². The number of aromatic hydroxyl groups is 2. The molecule has 12 nitrogen and oxygen atoms in total. The number of methoxy groups -OCH3 is 1. The number of amides is 2. The van der Waals surface area contributed by atoms with Crippen molar-refractivity contribution in [3.8, 4) is 34.8 Å². The number of likely N-dealkylation sites (N-methyl/N-ethyl adjacent to an activating group) is 1. The van der Waals surface area contributed by atoms with Crippen molar-refractivity contribution in [2.24, 2.45) is 0 Å². The molecule has 2 unspecified atom stereocenters. The summed E-state index contributed by atoms with van der Waals surface area (Å²) < 4.78 is 55.7. The van der Waals surface area contributed by atoms with Crippen LogP contribution in [0.25, 0.3) is 0 Å². The Kier molecular flexibility index (Phi) is 7.63. The molecule has 246 valence electrons. The molecule has 2 aromatic rings. The van der Waals surface area contributed by atoms with E-state index in [1.54, 1.807) is 12.2 Å². The van der Waals surface area contributed by atoms with E-state index in [-0.39, 0.29) is 37.3 Å². The molecule has 2 bridgehead atoms. The van der Waals surface area contributed by atoms with Crippen molar-refractivity contribution in [3.63, 3.8) is 0 Å². The summed E-state index contributed by atoms with van der Waals surface area (Å²) in [6, 6.07) is -0.0339. The van der Waals surface area contributed by atoms with Crippen molar-refractivity contribution in [1.29, 1.82) is 5.26 Å². The number of rotatable bonds is 5. The number of aryl methyl sites for hydroxylation is 1. The summed E-state index contributed by atoms with van der Waals surface area (Å²) in [6.07, 6.45) is -4.51. The number of carbonyl (C=O) groups excluding carboxylic acids is 2. The van der Waals surface area contributed by atoms with Crippen LogP contribution in [0.1, 0.15) is 52.4 Å². The molecule has 0 aromatic heterocycles. The number of alkyl halides is 3. The third-order valence-corrected chi connectivity index (χ3v) is 9.76. The molecular weight excluding hydrogens is 611 g/mol. The second-order valence-electron chi connectivity index (χ2n) is 12.2. The molecule has 46 heavy (non-hydrogen) atoms. The lowest BCUT2D eigenvalue weighted by Crippen LogP contribution is -2.69. The topological polar surface area (TPSA) is 157 Å². The monoisotopic (exact) mass is 645 g/mol. The zero-order valence-electron chi connectivity index (χ0n) is 25.8. The first kappa shape index (κ1) is 31.6. The van der Waals surface area contributed by atoms with Crippen LogP contribution >= 0.6 is 0 Å². The van der Waals surface area contributed by atoms with Gasteiger partial charge in [0.15, 0.2) is 23.0 Å². The van der Waals surface area contributed by atoms with Gasteiger partial charge < -0.3 is 35.1 Å². The largest absolute Gasteiger partial charge is 0.507 e. The summed E-state index contributed by atoms with van der Waals surface area (Å²) in [4.78, 5) is 28.5. The summed E-state index contributed by atoms with van der Waals surface area (Å²) in [5.74, 6) is -2.18. The average Bonchev–Trinajstić information content (AvgIpc) is 3.48. The van der Waals surface area contributed by atoms with E-state index >= 15 is 0 Å². The highest BCUT2D eigenvalue weighted by Gasteiger charge is 2.56. The van der Waals surface area contributed by atoms with E-state index in [4.69, 9.17) is 14.2 Å². The average molecular weight is 646 g/mol. The van der Waals surface area contributed by atoms with Crippen LogP contribution in [0.15, 0.2) is 6.07 Å². The third kappa shape index (κ3) is 4.65. The highest BCUT2D eigenvalue weighted by atomic mass is 19.4. The summed E-state index contributed by atoms with van der Waals surface area (Å²) in [5.41, 5.74) is 3.71. The molecule has 4 N–H and O–H groups in total. The van der Waals surface area contributed by atoms with Gasteiger partial charge in [-0.3, -0.25) is 19.4 Å². The molecule has 1 fully saturated rings. The highest BCUT2D eigenvalue weighted by molar-refractivity contribution is 5.89. The molecule has 6 rings (SSSR count). The van der Waals surface area contributed by atoms with E-state index in [1.165, 1.54) is 7.11 Å². The molecule has 0 radical (unpaired) electrons. The first-order valence-corrected chi connectivity index (χ1v) is 14.8. The SMILES string of the molecule is COc1c(C)cc2c(c1O)C1[C@@H]3Cc4c(O)c(C)c5c(c4[C@H](CNC(=O)[C@H](C)NC(=O)C(F)(F)F)N3[C@@H](C#N)C(C2)N1C)OCO5. The standard InChI is InChI=1S/C31H34F3N5O7/c1-12-6-15-7-17-19(9-35)39-18(23(38(17)4)21(15)25(41)26(12)44-5)8-16-22(28-27(45-11-46-28)13(2)24(16)40)20(39)10-36-29(42)14(3)37-30(43)31(32,33)34/h6,14,17-20,23,40-41H,7-8,10-11H2,1-5H3,(H,36,42)(H,37,43)/t14-,17?,18-,19-,20-,23?/m0/s1. The van der Waals surface area contributed by atoms with Crippen LogP contribution in [0.5, 0.6) is 28.7 Å². The van der Waals surface area contributed by atoms with E-state index in [0.717, 1.165) is 18.1 Å². The maximum atomic E-state index is 13.0. The maximum absolute atomic E-state index is 13.0. The quantitative estimate of drug-likeness (QED) is 0.381. The lowest BCUT2D eigenvalue weighted by molar-refractivity contribution is -0.174. The third-order valence-electron chi connectivity index (χ3n) is 9.76. The number of hydrogen-bond donors (Lipinski definition) is 4. The summed E-state index contributed by atoms with van der Waals surface area (Å²) in [7, 11) is 3.35. The molecule has 15 heteroatoms. The normalized spacial score (nSPS) is 25.4. The van der Waals surface area contributed by atoms with Crippen LogP contribution in [0, 0.1) is 25.2 Å². The Morgan fingerprint density at radius 2 is 1.85 bits per heavy atom. The molecule has 2 amide bonds. The maximum Gasteiger partial charge on any atom is 0.471 e. The van der Waals surface area contributed by atoms with Gasteiger partial charge in [-0.05, 0) is 51.8 Å². The fraction of sp³-hybridized carbons (Fsp3) is 0.516. The number of piperazine rings is 1. The first-order chi connectivity index (χ1) is 21.7. The summed E-state index contributed by atoms with van der Waals surface area (Å²) in [6.45, 7) is 4.33. The molecule has 4 heterocycles. The number of halogens is 3. The van der Waals surface area contributed by atoms with Crippen LogP contribution in [-0.2, 0) is 22.4 Å². The van der Waals surface area contributed by atoms with Gasteiger partial charge in [0.2, 0.25) is 12.7 Å². The Morgan fingerprint density at radius 3 is 2.50 bits per heavy atom. The van der Waals surface area contributed by atoms with Crippen molar-refractivity contribution in [2.75, 3.05) is 27.5 Å². The number of phenolic OH excluding ortho intramolecular Hbond substituents is 2. The molecule has 4 aliphatic heterocycles. The van der Waals surface area contributed by atoms with E-state index in [1.807, 2.05) is 24.9 Å². The van der Waals surface area contributed by atoms with Gasteiger partial charge in [0.1, 0.15) is 17.8 Å². The Balaban J connectivity index is 1.47. The van der Waals surface area contributed by atoms with Crippen molar-refractivity contribution in [1.82, 2.24) is 20.4 Å². The minimum absolute atomic E-state index is 0.0147. The highest BCUT2D eigenvalue weighted by Crippen LogP contribution is 2.58. The molecular formula is C31H34F3N5O7. The fourth-order valence-electron chi connectivity index (χ4n) is 7.74. The Hall–Kier alpha value is -4.42. The summed E-state index contributed by atoms with van der Waals surface area (Å²) >= 11 is 0. The van der Waals surface area contributed by atoms with Gasteiger partial charge in [-0.1, -0.05) is 6.07 Å². The van der Waals surface area contributed by atoms with Crippen LogP contribution in [0.2, 0.25) is 0 Å². The number of nitrogens with one attached hydrogen (secondary N) is 2. The van der Waals surface area contributed by atoms with Gasteiger partial charge in [-0.15, -0.1) is 0 Å². The van der Waals surface area contributed by atoms with Crippen molar-refractivity contribution in [2.45, 2.75) is 76.0 Å². The zero-order chi connectivity index (χ0) is 33.4. The van der Waals surface area contributed by atoms with Crippen LogP contribution < -0.4 is 24.8 Å². The molecule has 0 saturated carbocycles. The lowest BCUT2D eigenvalue weighted by Gasteiger charge is -2.60. The molecule has 0 aliphatic carbocycles. The van der Waals surface area contributed by atoms with Gasteiger partial charge in [0.05, 0.1) is 25.3 Å². The number of nitrogens with zero attached hydrogens (tertiary/aromatic N) is 3. The molecule has 6 atom stereocenters. The minimum Gasteiger partial charge on any atom is -0.507 e. The number of ether oxygens (including phenoxy) is 3. The lowest BCUT2D eigenvalue weighted by atomic mass is 9.71. The zero-order valence-corrected chi connectivity index (χ0v) is 25.8. The van der Waals surface area contributed by atoms with Gasteiger partial charge in [0, 0.05) is 40.9 Å². The van der Waals surface area contributed by atoms with Gasteiger partial charge in [-0.2, -0.15) is 18.4 Å². The van der Waals surface area contributed by atoms with Gasteiger partial charge >= 0.3 is 12.1 Å². The van der Waals surface area contributed by atoms with Crippen molar-refractivity contribution in [3.05, 3.63) is 39.4 Å². The van der Waals surface area contributed by atoms with Gasteiger partial charge in [0.25, 0.3) is 0 Å². The number of hydrogen-bond acceptors (Lipinski definition) is 10. The van der Waals surface area contributed by atoms with E-state index in [9.17, 15) is 38.2 Å². The van der Waals surface area contributed by atoms with E-state index in [0.29, 0.717) is 45.9 Å². The smallest absolute Gasteiger partial charge is 0.471 e. The molecule has 4 aliphatic rings. The predicted molar refractivity (Wildman–Crippen MR) is 155 cm³/mol. The fourth-order valence-corrected chi connectivity index (χ4v) is 7.74. The predicted octanol–water partition coefficient (Wildman–Crippen LogP) is 2.41. The van der Waals surface area contributed by atoms with Crippen LogP contribution in [0.4, 0.5) is 13.2 Å². The number of phenols is 2. The van der Waals surface area contributed by atoms with Crippen molar-refractivity contribution < 1.29 is 47.2 Å². The summed E-state index contributed by atoms with van der Waals surface area (Å²) in [5, 5.41) is 38.0. The van der Waals surface area contributed by atoms with E-state index in [2.05, 4.69) is 16.3 Å². The number of benzene rings is 2. The second-order valence-corrected chi connectivity index (χ2v) is 12.2. The minimum atomic E-state index is -5.17. The Bertz CT molecular complexity index is 1680. The molecule has 2 aromatic carbocycles. The number of nitriles is 1. The molecule has 1 saturated heterocycles. The first-order valence-electron chi connectivity index (χ1n) is 14.8. The van der Waals surface area contributed by atoms with E-state index < -0.39 is 48.2 Å². The van der Waals surface area contributed by atoms with Crippen LogP contribution in [0.3, 0.4) is 0 Å². The number of carbonyl (C=O) groups is 2.